The highest BCUT2D eigenvalue weighted by Crippen LogP contribution is 2.29. The number of benzene rings is 3. The van der Waals surface area contributed by atoms with Gasteiger partial charge in [-0.3, -0.25) is 20.2 Å². The fourth-order valence-corrected chi connectivity index (χ4v) is 6.25. The molecular weight excluding hydrogens is 749 g/mol. The number of carbonyl (C=O) groups is 4. The Morgan fingerprint density at radius 2 is 1.43 bits per heavy atom. The van der Waals surface area contributed by atoms with Crippen molar-refractivity contribution in [3.05, 3.63) is 94.0 Å². The largest absolute Gasteiger partial charge is 0.466 e. The summed E-state index contributed by atoms with van der Waals surface area (Å²) in [5.74, 6) is -1.80. The Labute approximate surface area is 319 Å². The molecule has 3 amide bonds. The number of alkyl carbamates (subject to hydrolysis) is 2. The van der Waals surface area contributed by atoms with E-state index in [1.165, 1.54) is 48.5 Å². The minimum Gasteiger partial charge on any atom is -0.466 e. The van der Waals surface area contributed by atoms with Crippen LogP contribution in [0.2, 0.25) is 10.0 Å². The van der Waals surface area contributed by atoms with E-state index in [-0.39, 0.29) is 40.6 Å². The molecule has 0 heterocycles. The van der Waals surface area contributed by atoms with E-state index in [9.17, 15) is 27.6 Å². The topological polar surface area (TPSA) is 182 Å². The zero-order valence-electron chi connectivity index (χ0n) is 30.4. The van der Waals surface area contributed by atoms with Crippen molar-refractivity contribution in [2.45, 2.75) is 83.4 Å². The number of amides is 3. The van der Waals surface area contributed by atoms with Crippen LogP contribution in [-0.2, 0) is 40.2 Å². The Hall–Kier alpha value is -4.86. The van der Waals surface area contributed by atoms with Gasteiger partial charge in [0, 0.05) is 10.0 Å². The number of sulfonamides is 1. The average Bonchev–Trinajstić information content (AvgIpc) is 3.03. The van der Waals surface area contributed by atoms with Crippen LogP contribution in [0.4, 0.5) is 15.3 Å². The van der Waals surface area contributed by atoms with Crippen LogP contribution in [-0.4, -0.2) is 56.2 Å². The summed E-state index contributed by atoms with van der Waals surface area (Å²) in [6.07, 6.45) is -2.60. The van der Waals surface area contributed by atoms with Crippen LogP contribution < -0.4 is 20.4 Å². The number of esters is 1. The Balaban J connectivity index is 2.16. The summed E-state index contributed by atoms with van der Waals surface area (Å²) in [5.41, 5.74) is -1.28. The van der Waals surface area contributed by atoms with E-state index in [0.717, 1.165) is 0 Å². The van der Waals surface area contributed by atoms with E-state index < -0.39 is 57.3 Å². The maximum atomic E-state index is 14.2. The van der Waals surface area contributed by atoms with Crippen LogP contribution in [0.25, 0.3) is 0 Å². The molecule has 1 atom stereocenters. The predicted molar refractivity (Wildman–Crippen MR) is 201 cm³/mol. The van der Waals surface area contributed by atoms with E-state index in [0.29, 0.717) is 15.0 Å². The molecule has 0 aliphatic heterocycles. The standard InChI is InChI=1S/C36H43Cl2N5O9S/c1-8-50-31(45)22-29(39-30(44)20-23-17-18-25(37)21-28(23)38)24-13-12-14-26(19-24)43(53(48,49)27-15-10-9-11-16-27)42-32(40-33(46)51-35(2,3)4)41-34(47)52-36(5,6)7/h9-19,21,29H,8,20,22H2,1-7H3,(H,39,44)(H2,40,41,42,46,47). The maximum Gasteiger partial charge on any atom is 0.414 e. The molecule has 0 saturated carbocycles. The first-order valence-corrected chi connectivity index (χ1v) is 18.5. The predicted octanol–water partition coefficient (Wildman–Crippen LogP) is 6.86. The lowest BCUT2D eigenvalue weighted by Gasteiger charge is -2.25. The lowest BCUT2D eigenvalue weighted by molar-refractivity contribution is -0.143. The minimum atomic E-state index is -4.58. The van der Waals surface area contributed by atoms with E-state index >= 15 is 0 Å². The van der Waals surface area contributed by atoms with Crippen molar-refractivity contribution in [1.29, 1.82) is 0 Å². The lowest BCUT2D eigenvalue weighted by Crippen LogP contribution is -2.48. The molecule has 0 saturated heterocycles. The van der Waals surface area contributed by atoms with Gasteiger partial charge in [0.15, 0.2) is 0 Å². The van der Waals surface area contributed by atoms with Crippen molar-refractivity contribution in [1.82, 2.24) is 16.0 Å². The van der Waals surface area contributed by atoms with Gasteiger partial charge in [0.2, 0.25) is 11.9 Å². The minimum absolute atomic E-state index is 0.0792. The number of anilines is 1. The van der Waals surface area contributed by atoms with Gasteiger partial charge < -0.3 is 19.5 Å². The normalized spacial score (nSPS) is 12.1. The molecule has 0 aromatic heterocycles. The molecule has 14 nitrogen and oxygen atoms in total. The Morgan fingerprint density at radius 1 is 0.830 bits per heavy atom. The quantitative estimate of drug-likeness (QED) is 0.0614. The zero-order valence-corrected chi connectivity index (χ0v) is 32.7. The van der Waals surface area contributed by atoms with Crippen molar-refractivity contribution in [3.63, 3.8) is 0 Å². The second-order valence-corrected chi connectivity index (χ2v) is 16.0. The number of rotatable bonds is 11. The monoisotopic (exact) mass is 791 g/mol. The summed E-state index contributed by atoms with van der Waals surface area (Å²) in [6.45, 7) is 11.4. The first kappa shape index (κ1) is 42.6. The van der Waals surface area contributed by atoms with E-state index in [1.807, 2.05) is 0 Å². The van der Waals surface area contributed by atoms with E-state index in [4.69, 9.17) is 37.4 Å². The number of nitrogens with zero attached hydrogens (tertiary/aromatic N) is 2. The smallest absolute Gasteiger partial charge is 0.414 e. The van der Waals surface area contributed by atoms with Gasteiger partial charge in [-0.05, 0) is 96.0 Å². The molecule has 0 radical (unpaired) electrons. The maximum absolute atomic E-state index is 14.2. The summed E-state index contributed by atoms with van der Waals surface area (Å²) in [6, 6.07) is 16.8. The van der Waals surface area contributed by atoms with Crippen LogP contribution >= 0.6 is 23.2 Å². The Bertz CT molecular complexity index is 1900. The molecule has 0 aliphatic carbocycles. The second-order valence-electron chi connectivity index (χ2n) is 13.4. The molecule has 3 aromatic rings. The van der Waals surface area contributed by atoms with Gasteiger partial charge in [-0.25, -0.2) is 9.59 Å². The number of guanidine groups is 1. The number of ether oxygens (including phenoxy) is 3. The highest BCUT2D eigenvalue weighted by molar-refractivity contribution is 7.92. The van der Waals surface area contributed by atoms with Gasteiger partial charge in [-0.1, -0.05) is 59.6 Å². The van der Waals surface area contributed by atoms with Crippen LogP contribution in [0.3, 0.4) is 0 Å². The number of hydrogen-bond acceptors (Lipinski definition) is 10. The molecule has 3 N–H and O–H groups in total. The van der Waals surface area contributed by atoms with Gasteiger partial charge in [-0.15, -0.1) is 5.10 Å². The second kappa shape index (κ2) is 18.3. The molecule has 53 heavy (non-hydrogen) atoms. The molecule has 286 valence electrons. The molecule has 0 fully saturated rings. The number of hydrogen-bond donors (Lipinski definition) is 3. The van der Waals surface area contributed by atoms with E-state index in [2.05, 4.69) is 21.1 Å². The van der Waals surface area contributed by atoms with E-state index in [1.54, 1.807) is 72.7 Å². The Morgan fingerprint density at radius 3 is 1.98 bits per heavy atom. The summed E-state index contributed by atoms with van der Waals surface area (Å²) in [7, 11) is -4.58. The van der Waals surface area contributed by atoms with Crippen molar-refractivity contribution >= 4 is 68.9 Å². The van der Waals surface area contributed by atoms with Gasteiger partial charge in [0.1, 0.15) is 11.2 Å². The molecular formula is C36H43Cl2N5O9S. The number of carbonyl (C=O) groups excluding carboxylic acids is 4. The van der Waals surface area contributed by atoms with Crippen LogP contribution in [0.5, 0.6) is 0 Å². The number of nitrogens with one attached hydrogen (secondary N) is 3. The SMILES string of the molecule is CCOC(=O)CC(NC(=O)Cc1ccc(Cl)cc1Cl)c1cccc(N(N=C(NC(=O)OC(C)(C)C)NC(=O)OC(C)(C)C)S(=O)(=O)c2ccccc2)c1. The summed E-state index contributed by atoms with van der Waals surface area (Å²) < 4.78 is 44.9. The third-order valence-corrected chi connectivity index (χ3v) is 8.77. The Kier molecular flexibility index (Phi) is 14.7. The molecule has 0 spiro atoms. The van der Waals surface area contributed by atoms with Crippen LogP contribution in [0, 0.1) is 0 Å². The first-order chi connectivity index (χ1) is 24.7. The highest BCUT2D eigenvalue weighted by atomic mass is 35.5. The zero-order chi connectivity index (χ0) is 39.6. The van der Waals surface area contributed by atoms with Crippen LogP contribution in [0.1, 0.15) is 72.1 Å². The molecule has 3 rings (SSSR count). The van der Waals surface area contributed by atoms with Gasteiger partial charge >= 0.3 is 18.2 Å². The fourth-order valence-electron chi connectivity index (χ4n) is 4.50. The molecule has 0 aliphatic rings. The number of hydrazone groups is 1. The van der Waals surface area contributed by atoms with Crippen molar-refractivity contribution in [3.8, 4) is 0 Å². The van der Waals surface area contributed by atoms with Gasteiger partial charge in [-0.2, -0.15) is 12.8 Å². The summed E-state index contributed by atoms with van der Waals surface area (Å²) in [5, 5.41) is 12.2. The van der Waals surface area contributed by atoms with Crippen molar-refractivity contribution in [2.24, 2.45) is 5.10 Å². The third-order valence-electron chi connectivity index (χ3n) is 6.57. The van der Waals surface area contributed by atoms with Crippen LogP contribution in [0.15, 0.2) is 82.8 Å². The first-order valence-electron chi connectivity index (χ1n) is 16.3. The van der Waals surface area contributed by atoms with Crippen molar-refractivity contribution < 1.29 is 41.8 Å². The van der Waals surface area contributed by atoms with Gasteiger partial charge in [0.25, 0.3) is 10.0 Å². The van der Waals surface area contributed by atoms with Crippen molar-refractivity contribution in [2.75, 3.05) is 11.0 Å². The summed E-state index contributed by atoms with van der Waals surface area (Å²) >= 11 is 12.3. The molecule has 3 aromatic carbocycles. The average molecular weight is 793 g/mol. The fraction of sp³-hybridized carbons (Fsp3) is 0.361. The molecule has 1 unspecified atom stereocenters. The molecule has 0 bridgehead atoms. The third kappa shape index (κ3) is 13.9. The molecule has 17 heteroatoms. The van der Waals surface area contributed by atoms with Gasteiger partial charge in [0.05, 0.1) is 36.1 Å². The number of halogens is 2. The highest BCUT2D eigenvalue weighted by Gasteiger charge is 2.30. The summed E-state index contributed by atoms with van der Waals surface area (Å²) in [4.78, 5) is 51.6. The lowest BCUT2D eigenvalue weighted by atomic mass is 10.0.